The highest BCUT2D eigenvalue weighted by atomic mass is 16.2. The Morgan fingerprint density at radius 3 is 2.48 bits per heavy atom. The Labute approximate surface area is 134 Å². The van der Waals surface area contributed by atoms with E-state index in [4.69, 9.17) is 0 Å². The summed E-state index contributed by atoms with van der Waals surface area (Å²) in [6.07, 6.45) is 2.00. The third-order valence-corrected chi connectivity index (χ3v) is 4.46. The highest BCUT2D eigenvalue weighted by molar-refractivity contribution is 5.74. The van der Waals surface area contributed by atoms with Crippen molar-refractivity contribution < 1.29 is 0 Å². The predicted octanol–water partition coefficient (Wildman–Crippen LogP) is -0.357. The van der Waals surface area contributed by atoms with Crippen molar-refractivity contribution in [3.05, 3.63) is 20.8 Å². The van der Waals surface area contributed by atoms with Crippen LogP contribution in [-0.4, -0.2) is 44.9 Å². The maximum Gasteiger partial charge on any atom is 0.332 e. The number of aryl methyl sites for hydroxylation is 2. The quantitative estimate of drug-likeness (QED) is 0.833. The summed E-state index contributed by atoms with van der Waals surface area (Å²) in [6, 6.07) is 0. The highest BCUT2D eigenvalue weighted by Gasteiger charge is 2.23. The predicted molar refractivity (Wildman–Crippen MR) is 90.2 cm³/mol. The summed E-state index contributed by atoms with van der Waals surface area (Å²) in [4.78, 5) is 31.7. The number of aromatic nitrogens is 4. The molecule has 0 saturated carbocycles. The molecule has 0 amide bonds. The van der Waals surface area contributed by atoms with Gasteiger partial charge in [0.05, 0.1) is 0 Å². The highest BCUT2D eigenvalue weighted by Crippen LogP contribution is 2.20. The Balaban J connectivity index is 2.26. The van der Waals surface area contributed by atoms with Crippen LogP contribution in [0.4, 0.5) is 5.95 Å². The number of hydrogen-bond donors (Lipinski definition) is 1. The lowest BCUT2D eigenvalue weighted by atomic mass is 10.3. The second kappa shape index (κ2) is 6.19. The molecule has 1 aliphatic heterocycles. The van der Waals surface area contributed by atoms with E-state index in [0.29, 0.717) is 11.2 Å². The maximum absolute atomic E-state index is 12.6. The topological polar surface area (TPSA) is 77.1 Å². The van der Waals surface area contributed by atoms with Crippen LogP contribution in [-0.2, 0) is 20.6 Å². The summed E-state index contributed by atoms with van der Waals surface area (Å²) in [5, 5.41) is 3.32. The Hall–Kier alpha value is -2.09. The molecule has 0 bridgehead atoms. The molecule has 1 fully saturated rings. The van der Waals surface area contributed by atoms with E-state index in [-0.39, 0.29) is 11.2 Å². The van der Waals surface area contributed by atoms with Gasteiger partial charge in [-0.25, -0.2) is 4.79 Å². The van der Waals surface area contributed by atoms with Crippen LogP contribution in [0.15, 0.2) is 9.59 Å². The van der Waals surface area contributed by atoms with E-state index in [1.54, 1.807) is 7.05 Å². The number of anilines is 1. The molecule has 0 aliphatic carbocycles. The lowest BCUT2D eigenvalue weighted by Gasteiger charge is -2.28. The molecular weight excluding hydrogens is 296 g/mol. The minimum atomic E-state index is -0.338. The first-order valence-electron chi connectivity index (χ1n) is 8.18. The summed E-state index contributed by atoms with van der Waals surface area (Å²) < 4.78 is 4.62. The number of hydrogen-bond acceptors (Lipinski definition) is 5. The molecule has 3 rings (SSSR count). The van der Waals surface area contributed by atoms with Gasteiger partial charge in [-0.1, -0.05) is 13.3 Å². The second-order valence-corrected chi connectivity index (χ2v) is 6.03. The maximum atomic E-state index is 12.6. The van der Waals surface area contributed by atoms with Gasteiger partial charge in [0, 0.05) is 46.8 Å². The van der Waals surface area contributed by atoms with Gasteiger partial charge in [-0.15, -0.1) is 0 Å². The SMILES string of the molecule is CCCCn1c(N2CCNCC2)nc2c1c(=O)n(C)c(=O)n2C. The molecule has 0 spiro atoms. The van der Waals surface area contributed by atoms with Gasteiger partial charge in [-0.05, 0) is 6.42 Å². The molecule has 8 heteroatoms. The van der Waals surface area contributed by atoms with Crippen molar-refractivity contribution in [1.82, 2.24) is 24.0 Å². The van der Waals surface area contributed by atoms with Crippen LogP contribution >= 0.6 is 0 Å². The zero-order valence-electron chi connectivity index (χ0n) is 14.0. The average Bonchev–Trinajstić information content (AvgIpc) is 2.96. The van der Waals surface area contributed by atoms with Crippen LogP contribution < -0.4 is 21.5 Å². The van der Waals surface area contributed by atoms with E-state index in [2.05, 4.69) is 22.1 Å². The number of piperazine rings is 1. The molecule has 23 heavy (non-hydrogen) atoms. The molecule has 0 atom stereocenters. The fraction of sp³-hybridized carbons (Fsp3) is 0.667. The Morgan fingerprint density at radius 1 is 1.13 bits per heavy atom. The van der Waals surface area contributed by atoms with Crippen molar-refractivity contribution in [2.24, 2.45) is 14.1 Å². The van der Waals surface area contributed by atoms with Crippen molar-refractivity contribution in [3.8, 4) is 0 Å². The van der Waals surface area contributed by atoms with Gasteiger partial charge in [0.15, 0.2) is 11.2 Å². The molecule has 3 heterocycles. The molecule has 2 aromatic heterocycles. The number of fused-ring (bicyclic) bond motifs is 1. The van der Waals surface area contributed by atoms with Gasteiger partial charge < -0.3 is 14.8 Å². The van der Waals surface area contributed by atoms with E-state index in [1.807, 2.05) is 4.57 Å². The third kappa shape index (κ3) is 2.56. The number of imidazole rings is 1. The minimum Gasteiger partial charge on any atom is -0.340 e. The molecule has 2 aromatic rings. The zero-order chi connectivity index (χ0) is 16.6. The van der Waals surface area contributed by atoms with E-state index in [1.165, 1.54) is 11.6 Å². The number of unbranched alkanes of at least 4 members (excludes halogenated alkanes) is 1. The van der Waals surface area contributed by atoms with E-state index >= 15 is 0 Å². The van der Waals surface area contributed by atoms with Crippen molar-refractivity contribution >= 4 is 17.1 Å². The summed E-state index contributed by atoms with van der Waals surface area (Å²) in [5.41, 5.74) is 0.391. The number of nitrogens with zero attached hydrogens (tertiary/aromatic N) is 5. The van der Waals surface area contributed by atoms with Crippen molar-refractivity contribution in [3.63, 3.8) is 0 Å². The normalized spacial score (nSPS) is 15.5. The van der Waals surface area contributed by atoms with Gasteiger partial charge in [-0.2, -0.15) is 4.98 Å². The van der Waals surface area contributed by atoms with Gasteiger partial charge in [-0.3, -0.25) is 13.9 Å². The van der Waals surface area contributed by atoms with Crippen LogP contribution in [0.3, 0.4) is 0 Å². The smallest absolute Gasteiger partial charge is 0.332 e. The summed E-state index contributed by atoms with van der Waals surface area (Å²) in [6.45, 7) is 6.35. The average molecular weight is 320 g/mol. The first-order valence-corrected chi connectivity index (χ1v) is 8.18. The molecule has 8 nitrogen and oxygen atoms in total. The fourth-order valence-corrected chi connectivity index (χ4v) is 3.07. The standard InChI is InChI=1S/C15H24N6O2/c1-4-5-8-21-11-12(18(2)15(23)19(3)13(11)22)17-14(21)20-9-6-16-7-10-20/h16H,4-10H2,1-3H3. The lowest BCUT2D eigenvalue weighted by molar-refractivity contribution is 0.559. The lowest BCUT2D eigenvalue weighted by Crippen LogP contribution is -2.44. The first-order chi connectivity index (χ1) is 11.1. The molecule has 126 valence electrons. The van der Waals surface area contributed by atoms with Crippen molar-refractivity contribution in [1.29, 1.82) is 0 Å². The van der Waals surface area contributed by atoms with E-state index in [0.717, 1.165) is 56.1 Å². The molecule has 0 aromatic carbocycles. The largest absolute Gasteiger partial charge is 0.340 e. The first kappa shape index (κ1) is 15.8. The molecule has 0 radical (unpaired) electrons. The molecular formula is C15H24N6O2. The number of nitrogens with one attached hydrogen (secondary N) is 1. The van der Waals surface area contributed by atoms with E-state index in [9.17, 15) is 9.59 Å². The number of rotatable bonds is 4. The summed E-state index contributed by atoms with van der Waals surface area (Å²) in [5.74, 6) is 0.799. The Morgan fingerprint density at radius 2 is 1.83 bits per heavy atom. The van der Waals surface area contributed by atoms with Gasteiger partial charge in [0.25, 0.3) is 5.56 Å². The van der Waals surface area contributed by atoms with E-state index < -0.39 is 0 Å². The Kier molecular flexibility index (Phi) is 4.25. The van der Waals surface area contributed by atoms with Crippen LogP contribution in [0, 0.1) is 0 Å². The molecule has 1 saturated heterocycles. The van der Waals surface area contributed by atoms with Crippen LogP contribution in [0.5, 0.6) is 0 Å². The van der Waals surface area contributed by atoms with Gasteiger partial charge in [0.1, 0.15) is 0 Å². The Bertz CT molecular complexity index is 825. The van der Waals surface area contributed by atoms with Gasteiger partial charge in [0.2, 0.25) is 5.95 Å². The van der Waals surface area contributed by atoms with Crippen molar-refractivity contribution in [2.45, 2.75) is 26.3 Å². The summed E-state index contributed by atoms with van der Waals surface area (Å²) in [7, 11) is 3.19. The van der Waals surface area contributed by atoms with Crippen LogP contribution in [0.1, 0.15) is 19.8 Å². The van der Waals surface area contributed by atoms with Crippen LogP contribution in [0.25, 0.3) is 11.2 Å². The second-order valence-electron chi connectivity index (χ2n) is 6.03. The molecule has 0 unspecified atom stereocenters. The third-order valence-electron chi connectivity index (χ3n) is 4.46. The van der Waals surface area contributed by atoms with Crippen molar-refractivity contribution in [2.75, 3.05) is 31.1 Å². The monoisotopic (exact) mass is 320 g/mol. The van der Waals surface area contributed by atoms with Crippen LogP contribution in [0.2, 0.25) is 0 Å². The molecule has 1 N–H and O–H groups in total. The summed E-state index contributed by atoms with van der Waals surface area (Å²) >= 11 is 0. The zero-order valence-corrected chi connectivity index (χ0v) is 14.0. The van der Waals surface area contributed by atoms with Gasteiger partial charge >= 0.3 is 5.69 Å². The fourth-order valence-electron chi connectivity index (χ4n) is 3.07. The molecule has 1 aliphatic rings. The minimum absolute atomic E-state index is 0.270.